The van der Waals surface area contributed by atoms with Crippen LogP contribution in [0, 0.1) is 0 Å². The average molecular weight is 317 g/mol. The third-order valence-corrected chi connectivity index (χ3v) is 4.31. The van der Waals surface area contributed by atoms with Gasteiger partial charge in [-0.05, 0) is 19.3 Å². The number of carbonyl (C=O) groups excluding carboxylic acids is 1. The number of nitrogens with one attached hydrogen (secondary N) is 1. The lowest BCUT2D eigenvalue weighted by Gasteiger charge is -2.22. The largest absolute Gasteiger partial charge is 0.350 e. The van der Waals surface area contributed by atoms with E-state index < -0.39 is 5.69 Å². The van der Waals surface area contributed by atoms with Gasteiger partial charge in [-0.2, -0.15) is 0 Å². The molecule has 23 heavy (non-hydrogen) atoms. The van der Waals surface area contributed by atoms with Crippen LogP contribution in [-0.4, -0.2) is 30.6 Å². The molecule has 2 heterocycles. The van der Waals surface area contributed by atoms with Crippen molar-refractivity contribution < 1.29 is 4.79 Å². The van der Waals surface area contributed by atoms with Crippen molar-refractivity contribution in [3.63, 3.8) is 0 Å². The molecule has 0 unspecified atom stereocenters. The predicted octanol–water partition coefficient (Wildman–Crippen LogP) is -0.346. The smallest absolute Gasteiger partial charge is 0.331 e. The van der Waals surface area contributed by atoms with Gasteiger partial charge in [-0.1, -0.05) is 0 Å². The summed E-state index contributed by atoms with van der Waals surface area (Å²) in [6.45, 7) is -0.0971. The Labute approximate surface area is 132 Å². The van der Waals surface area contributed by atoms with Gasteiger partial charge < -0.3 is 9.88 Å². The highest BCUT2D eigenvalue weighted by Gasteiger charge is 2.29. The first-order valence-electron chi connectivity index (χ1n) is 7.59. The molecule has 0 aliphatic heterocycles. The number of nitrogens with zero attached hydrogens (tertiary/aromatic N) is 4. The van der Waals surface area contributed by atoms with E-state index in [0.29, 0.717) is 0 Å². The Hall–Kier alpha value is -2.64. The van der Waals surface area contributed by atoms with Crippen molar-refractivity contribution in [2.45, 2.75) is 37.9 Å². The maximum Gasteiger partial charge on any atom is 0.331 e. The molecule has 1 saturated carbocycles. The van der Waals surface area contributed by atoms with E-state index in [1.807, 2.05) is 10.8 Å². The van der Waals surface area contributed by atoms with Gasteiger partial charge in [0.2, 0.25) is 5.91 Å². The molecule has 1 fully saturated rings. The summed E-state index contributed by atoms with van der Waals surface area (Å²) in [4.78, 5) is 39.6. The standard InChI is InChI=1S/C15H19N5O3/c1-18-14(22)5-7-19(15(18)23)9-13(21)17-11-3-2-4-12(11)20-8-6-16-10-20/h5-8,10-12H,2-4,9H2,1H3,(H,17,21)/t11-,12+/m1/s1. The van der Waals surface area contributed by atoms with Crippen molar-refractivity contribution in [1.82, 2.24) is 24.0 Å². The summed E-state index contributed by atoms with van der Waals surface area (Å²) in [5.74, 6) is -0.234. The number of amides is 1. The molecule has 0 bridgehead atoms. The van der Waals surface area contributed by atoms with Crippen LogP contribution in [0.3, 0.4) is 0 Å². The zero-order valence-electron chi connectivity index (χ0n) is 12.9. The zero-order chi connectivity index (χ0) is 16.4. The summed E-state index contributed by atoms with van der Waals surface area (Å²) >= 11 is 0. The Bertz CT molecular complexity index is 805. The fraction of sp³-hybridized carbons (Fsp3) is 0.467. The van der Waals surface area contributed by atoms with Crippen LogP contribution in [0.2, 0.25) is 0 Å². The van der Waals surface area contributed by atoms with Gasteiger partial charge in [-0.25, -0.2) is 9.78 Å². The fourth-order valence-electron chi connectivity index (χ4n) is 3.08. The lowest BCUT2D eigenvalue weighted by Crippen LogP contribution is -2.43. The molecule has 2 aromatic rings. The summed E-state index contributed by atoms with van der Waals surface area (Å²) in [7, 11) is 1.39. The van der Waals surface area contributed by atoms with E-state index in [2.05, 4.69) is 10.3 Å². The van der Waals surface area contributed by atoms with Gasteiger partial charge in [0.1, 0.15) is 6.54 Å². The van der Waals surface area contributed by atoms with Gasteiger partial charge in [0.05, 0.1) is 12.4 Å². The van der Waals surface area contributed by atoms with Gasteiger partial charge in [0.15, 0.2) is 0 Å². The van der Waals surface area contributed by atoms with Gasteiger partial charge >= 0.3 is 5.69 Å². The highest BCUT2D eigenvalue weighted by molar-refractivity contribution is 5.76. The molecule has 1 N–H and O–H groups in total. The van der Waals surface area contributed by atoms with Gasteiger partial charge in [0, 0.05) is 37.7 Å². The maximum absolute atomic E-state index is 12.2. The first-order chi connectivity index (χ1) is 11.1. The highest BCUT2D eigenvalue weighted by Crippen LogP contribution is 2.29. The van der Waals surface area contributed by atoms with E-state index in [-0.39, 0.29) is 30.1 Å². The topological polar surface area (TPSA) is 90.9 Å². The molecular weight excluding hydrogens is 298 g/mol. The molecule has 2 atom stereocenters. The molecule has 122 valence electrons. The van der Waals surface area contributed by atoms with Gasteiger partial charge in [-0.3, -0.25) is 18.7 Å². The van der Waals surface area contributed by atoms with E-state index in [9.17, 15) is 14.4 Å². The first kappa shape index (κ1) is 15.3. The quantitative estimate of drug-likeness (QED) is 0.835. The molecule has 1 aliphatic carbocycles. The monoisotopic (exact) mass is 317 g/mol. The molecular formula is C15H19N5O3. The third-order valence-electron chi connectivity index (χ3n) is 4.31. The Balaban J connectivity index is 1.69. The van der Waals surface area contributed by atoms with Crippen LogP contribution in [0.25, 0.3) is 0 Å². The number of hydrogen-bond acceptors (Lipinski definition) is 4. The Morgan fingerprint density at radius 3 is 2.91 bits per heavy atom. The lowest BCUT2D eigenvalue weighted by atomic mass is 10.1. The molecule has 1 amide bonds. The van der Waals surface area contributed by atoms with Crippen molar-refractivity contribution in [1.29, 1.82) is 0 Å². The number of imidazole rings is 1. The summed E-state index contributed by atoms with van der Waals surface area (Å²) in [5, 5.41) is 2.99. The SMILES string of the molecule is Cn1c(=O)ccn(CC(=O)N[C@@H]2CCC[C@@H]2n2ccnc2)c1=O. The Kier molecular flexibility index (Phi) is 4.14. The van der Waals surface area contributed by atoms with Crippen LogP contribution in [-0.2, 0) is 18.4 Å². The summed E-state index contributed by atoms with van der Waals surface area (Å²) < 4.78 is 4.23. The van der Waals surface area contributed by atoms with Crippen LogP contribution < -0.4 is 16.6 Å². The molecule has 0 spiro atoms. The average Bonchev–Trinajstić information content (AvgIpc) is 3.18. The third kappa shape index (κ3) is 3.10. The second kappa shape index (κ2) is 6.23. The molecule has 8 nitrogen and oxygen atoms in total. The van der Waals surface area contributed by atoms with E-state index in [4.69, 9.17) is 0 Å². The molecule has 2 aromatic heterocycles. The lowest BCUT2D eigenvalue weighted by molar-refractivity contribution is -0.122. The summed E-state index contributed by atoms with van der Waals surface area (Å²) in [6, 6.07) is 1.50. The number of rotatable bonds is 4. The predicted molar refractivity (Wildman–Crippen MR) is 83.0 cm³/mol. The van der Waals surface area contributed by atoms with Crippen molar-refractivity contribution >= 4 is 5.91 Å². The van der Waals surface area contributed by atoms with Gasteiger partial charge in [0.25, 0.3) is 5.56 Å². The van der Waals surface area contributed by atoms with Crippen LogP contribution in [0.5, 0.6) is 0 Å². The van der Waals surface area contributed by atoms with E-state index in [1.165, 1.54) is 23.9 Å². The molecule has 3 rings (SSSR count). The summed E-state index contributed by atoms with van der Waals surface area (Å²) in [6.07, 6.45) is 9.65. The molecule has 8 heteroatoms. The van der Waals surface area contributed by atoms with Crippen LogP contribution in [0.1, 0.15) is 25.3 Å². The maximum atomic E-state index is 12.2. The van der Waals surface area contributed by atoms with Crippen molar-refractivity contribution in [2.75, 3.05) is 0 Å². The molecule has 0 aromatic carbocycles. The second-order valence-corrected chi connectivity index (χ2v) is 5.81. The fourth-order valence-corrected chi connectivity index (χ4v) is 3.08. The molecule has 0 radical (unpaired) electrons. The van der Waals surface area contributed by atoms with Crippen LogP contribution in [0.4, 0.5) is 0 Å². The van der Waals surface area contributed by atoms with Crippen molar-refractivity contribution in [2.24, 2.45) is 7.05 Å². The van der Waals surface area contributed by atoms with Gasteiger partial charge in [-0.15, -0.1) is 0 Å². The van der Waals surface area contributed by atoms with Crippen LogP contribution in [0.15, 0.2) is 40.6 Å². The van der Waals surface area contributed by atoms with Crippen molar-refractivity contribution in [3.8, 4) is 0 Å². The van der Waals surface area contributed by atoms with E-state index >= 15 is 0 Å². The number of carbonyl (C=O) groups is 1. The number of hydrogen-bond donors (Lipinski definition) is 1. The second-order valence-electron chi connectivity index (χ2n) is 5.81. The molecule has 0 saturated heterocycles. The normalized spacial score (nSPS) is 20.6. The minimum absolute atomic E-state index is 0.0277. The summed E-state index contributed by atoms with van der Waals surface area (Å²) in [5.41, 5.74) is -0.882. The van der Waals surface area contributed by atoms with Crippen LogP contribution >= 0.6 is 0 Å². The minimum atomic E-state index is -0.495. The van der Waals surface area contributed by atoms with E-state index in [1.54, 1.807) is 12.5 Å². The molecule has 1 aliphatic rings. The first-order valence-corrected chi connectivity index (χ1v) is 7.59. The van der Waals surface area contributed by atoms with Crippen molar-refractivity contribution in [3.05, 3.63) is 51.8 Å². The Morgan fingerprint density at radius 1 is 1.35 bits per heavy atom. The highest BCUT2D eigenvalue weighted by atomic mass is 16.2. The zero-order valence-corrected chi connectivity index (χ0v) is 12.9. The van der Waals surface area contributed by atoms with E-state index in [0.717, 1.165) is 23.8 Å². The minimum Gasteiger partial charge on any atom is -0.350 e. The number of aromatic nitrogens is 4. The Morgan fingerprint density at radius 2 is 2.17 bits per heavy atom.